The molecule has 7 nitrogen and oxygen atoms in total. The van der Waals surface area contributed by atoms with E-state index in [2.05, 4.69) is 14.7 Å². The minimum absolute atomic E-state index is 0.0752. The first-order valence-electron chi connectivity index (χ1n) is 10.5. The predicted molar refractivity (Wildman–Crippen MR) is 127 cm³/mol. The fraction of sp³-hybridized carbons (Fsp3) is 0.154. The molecule has 0 aliphatic carbocycles. The monoisotopic (exact) mass is 480 g/mol. The molecule has 0 saturated heterocycles. The number of benzene rings is 3. The molecule has 0 aliphatic rings. The van der Waals surface area contributed by atoms with Crippen LogP contribution in [-0.4, -0.2) is 43.7 Å². The van der Waals surface area contributed by atoms with Crippen molar-refractivity contribution >= 4 is 28.5 Å². The molecule has 0 fully saturated rings. The third kappa shape index (κ3) is 4.93. The Morgan fingerprint density at radius 2 is 1.57 bits per heavy atom. The number of allylic oxidation sites excluding steroid dienone is 1. The summed E-state index contributed by atoms with van der Waals surface area (Å²) in [5.41, 5.74) is 1.98. The molecule has 1 aromatic heterocycles. The molecule has 4 aromatic rings. The lowest BCUT2D eigenvalue weighted by atomic mass is 9.99. The number of ketones is 1. The van der Waals surface area contributed by atoms with Crippen LogP contribution in [0.1, 0.15) is 21.7 Å². The van der Waals surface area contributed by atoms with Crippen LogP contribution in [0.2, 0.25) is 0 Å². The lowest BCUT2D eigenvalue weighted by Gasteiger charge is -2.14. The molecule has 35 heavy (non-hydrogen) atoms. The van der Waals surface area contributed by atoms with Crippen LogP contribution in [0.5, 0.6) is 23.0 Å². The fourth-order valence-corrected chi connectivity index (χ4v) is 3.65. The van der Waals surface area contributed by atoms with Crippen molar-refractivity contribution in [1.29, 1.82) is 0 Å². The molecule has 0 atom stereocenters. The quantitative estimate of drug-likeness (QED) is 0.248. The number of carbonyl (C=O) groups excluding carboxylic acids is 1. The standard InChI is InChI=1S/C26H22F2N2O5/c1-32-21-13-16(14-22(33-2)24(21)34-3)23(31)17(25-29-18-9-5-6-10-19(18)30-25)12-15-8-4-7-11-20(15)35-26(27)28/h4-14,26H,1-3H3,(H,29,30)/b17-12+. The summed E-state index contributed by atoms with van der Waals surface area (Å²) in [5, 5.41) is 0. The molecule has 4 rings (SSSR count). The molecule has 0 aliphatic heterocycles. The van der Waals surface area contributed by atoms with E-state index in [1.165, 1.54) is 45.6 Å². The molecule has 1 N–H and O–H groups in total. The maximum Gasteiger partial charge on any atom is 0.387 e. The molecule has 0 unspecified atom stereocenters. The van der Waals surface area contributed by atoms with Gasteiger partial charge in [-0.05, 0) is 36.4 Å². The lowest BCUT2D eigenvalue weighted by Crippen LogP contribution is -2.07. The number of aromatic nitrogens is 2. The van der Waals surface area contributed by atoms with Crippen molar-refractivity contribution in [3.63, 3.8) is 0 Å². The number of ether oxygens (including phenoxy) is 4. The Morgan fingerprint density at radius 3 is 2.20 bits per heavy atom. The molecule has 0 radical (unpaired) electrons. The Balaban J connectivity index is 1.91. The number of hydrogen-bond acceptors (Lipinski definition) is 6. The molecule has 180 valence electrons. The maximum absolute atomic E-state index is 13.8. The number of aromatic amines is 1. The summed E-state index contributed by atoms with van der Waals surface area (Å²) < 4.78 is 46.7. The first-order valence-corrected chi connectivity index (χ1v) is 10.5. The van der Waals surface area contributed by atoms with Crippen molar-refractivity contribution in [3.8, 4) is 23.0 Å². The molecule has 3 aromatic carbocycles. The number of halogens is 2. The summed E-state index contributed by atoms with van der Waals surface area (Å²) in [6.45, 7) is -3.02. The summed E-state index contributed by atoms with van der Waals surface area (Å²) in [7, 11) is 4.35. The van der Waals surface area contributed by atoms with Gasteiger partial charge in [-0.3, -0.25) is 4.79 Å². The van der Waals surface area contributed by atoms with E-state index in [-0.39, 0.29) is 28.3 Å². The van der Waals surface area contributed by atoms with E-state index in [4.69, 9.17) is 14.2 Å². The van der Waals surface area contributed by atoms with Gasteiger partial charge in [-0.25, -0.2) is 4.98 Å². The zero-order valence-electron chi connectivity index (χ0n) is 19.2. The predicted octanol–water partition coefficient (Wildman–Crippen LogP) is 5.61. The van der Waals surface area contributed by atoms with E-state index in [9.17, 15) is 13.6 Å². The Morgan fingerprint density at radius 1 is 0.914 bits per heavy atom. The number of fused-ring (bicyclic) bond motifs is 1. The zero-order chi connectivity index (χ0) is 24.9. The highest BCUT2D eigenvalue weighted by Gasteiger charge is 2.23. The summed E-state index contributed by atoms with van der Waals surface area (Å²) in [4.78, 5) is 21.5. The van der Waals surface area contributed by atoms with Crippen molar-refractivity contribution in [2.75, 3.05) is 21.3 Å². The van der Waals surface area contributed by atoms with Crippen molar-refractivity contribution in [2.45, 2.75) is 6.61 Å². The van der Waals surface area contributed by atoms with Gasteiger partial charge in [-0.1, -0.05) is 30.3 Å². The first-order chi connectivity index (χ1) is 16.9. The van der Waals surface area contributed by atoms with Gasteiger partial charge in [0.1, 0.15) is 11.6 Å². The summed E-state index contributed by atoms with van der Waals surface area (Å²) in [6.07, 6.45) is 1.46. The minimum atomic E-state index is -3.02. The van der Waals surface area contributed by atoms with Crippen LogP contribution in [0.4, 0.5) is 8.78 Å². The number of H-pyrrole nitrogens is 1. The number of imidazole rings is 1. The summed E-state index contributed by atoms with van der Waals surface area (Å²) >= 11 is 0. The Bertz CT molecular complexity index is 1340. The second kappa shape index (κ2) is 10.3. The Kier molecular flexibility index (Phi) is 6.96. The summed E-state index contributed by atoms with van der Waals surface area (Å²) in [6, 6.07) is 16.5. The second-order valence-corrected chi connectivity index (χ2v) is 7.32. The molecule has 9 heteroatoms. The molecule has 0 bridgehead atoms. The van der Waals surface area contributed by atoms with Crippen molar-refractivity contribution in [1.82, 2.24) is 9.97 Å². The SMILES string of the molecule is COc1cc(C(=O)/C(=C\c2ccccc2OC(F)F)c2nc3ccccc3[nH]2)cc(OC)c1OC. The van der Waals surface area contributed by atoms with E-state index in [0.717, 1.165) is 0 Å². The lowest BCUT2D eigenvalue weighted by molar-refractivity contribution is -0.0499. The van der Waals surface area contributed by atoms with Gasteiger partial charge in [-0.2, -0.15) is 8.78 Å². The first kappa shape index (κ1) is 23.7. The van der Waals surface area contributed by atoms with E-state index >= 15 is 0 Å². The number of nitrogens with zero attached hydrogens (tertiary/aromatic N) is 1. The zero-order valence-corrected chi connectivity index (χ0v) is 19.2. The van der Waals surface area contributed by atoms with Crippen LogP contribution in [0.3, 0.4) is 0 Å². The number of carbonyl (C=O) groups is 1. The van der Waals surface area contributed by atoms with Gasteiger partial charge in [0.05, 0.1) is 37.9 Å². The normalized spacial score (nSPS) is 11.5. The average molecular weight is 480 g/mol. The molecule has 0 saturated carbocycles. The van der Waals surface area contributed by atoms with Crippen LogP contribution >= 0.6 is 0 Å². The second-order valence-electron chi connectivity index (χ2n) is 7.32. The average Bonchev–Trinajstić information content (AvgIpc) is 3.30. The Hall–Kier alpha value is -4.40. The number of Topliss-reactive ketones (excluding diaryl/α,β-unsaturated/α-hetero) is 1. The number of nitrogens with one attached hydrogen (secondary N) is 1. The topological polar surface area (TPSA) is 82.7 Å². The Labute approximate surface area is 199 Å². The van der Waals surface area contributed by atoms with Gasteiger partial charge >= 0.3 is 6.61 Å². The number of methoxy groups -OCH3 is 3. The van der Waals surface area contributed by atoms with Gasteiger partial charge in [0.2, 0.25) is 5.75 Å². The number of para-hydroxylation sites is 3. The number of rotatable bonds is 9. The van der Waals surface area contributed by atoms with Crippen molar-refractivity contribution in [3.05, 3.63) is 77.6 Å². The van der Waals surface area contributed by atoms with Crippen LogP contribution in [-0.2, 0) is 0 Å². The minimum Gasteiger partial charge on any atom is -0.493 e. The highest BCUT2D eigenvalue weighted by Crippen LogP contribution is 2.39. The molecule has 0 spiro atoms. The van der Waals surface area contributed by atoms with Crippen LogP contribution in [0.15, 0.2) is 60.7 Å². The highest BCUT2D eigenvalue weighted by molar-refractivity contribution is 6.32. The third-order valence-corrected chi connectivity index (χ3v) is 5.25. The fourth-order valence-electron chi connectivity index (χ4n) is 3.65. The van der Waals surface area contributed by atoms with Crippen LogP contribution < -0.4 is 18.9 Å². The molecule has 1 heterocycles. The molecular weight excluding hydrogens is 458 g/mol. The van der Waals surface area contributed by atoms with Gasteiger partial charge in [0.15, 0.2) is 17.3 Å². The van der Waals surface area contributed by atoms with E-state index < -0.39 is 12.4 Å². The molecular formula is C26H22F2N2O5. The smallest absolute Gasteiger partial charge is 0.387 e. The van der Waals surface area contributed by atoms with Crippen LogP contribution in [0, 0.1) is 0 Å². The van der Waals surface area contributed by atoms with Crippen molar-refractivity contribution < 1.29 is 32.5 Å². The van der Waals surface area contributed by atoms with Gasteiger partial charge in [-0.15, -0.1) is 0 Å². The van der Waals surface area contributed by atoms with Crippen LogP contribution in [0.25, 0.3) is 22.7 Å². The van der Waals surface area contributed by atoms with E-state index in [1.54, 1.807) is 24.3 Å². The summed E-state index contributed by atoms with van der Waals surface area (Å²) in [5.74, 6) is 0.651. The van der Waals surface area contributed by atoms with Crippen molar-refractivity contribution in [2.24, 2.45) is 0 Å². The van der Waals surface area contributed by atoms with E-state index in [1.807, 2.05) is 18.2 Å². The highest BCUT2D eigenvalue weighted by atomic mass is 19.3. The largest absolute Gasteiger partial charge is 0.493 e. The molecule has 0 amide bonds. The maximum atomic E-state index is 13.8. The van der Waals surface area contributed by atoms with Gasteiger partial charge in [0, 0.05) is 11.1 Å². The number of alkyl halides is 2. The third-order valence-electron chi connectivity index (χ3n) is 5.25. The number of hydrogen-bond donors (Lipinski definition) is 1. The van der Waals surface area contributed by atoms with E-state index in [0.29, 0.717) is 28.3 Å². The van der Waals surface area contributed by atoms with Gasteiger partial charge in [0.25, 0.3) is 0 Å². The van der Waals surface area contributed by atoms with Gasteiger partial charge < -0.3 is 23.9 Å².